The molecule has 0 fully saturated rings. The van der Waals surface area contributed by atoms with Crippen LogP contribution in [0.4, 0.5) is 14.7 Å². The highest BCUT2D eigenvalue weighted by Gasteiger charge is 2.28. The van der Waals surface area contributed by atoms with Gasteiger partial charge in [0.2, 0.25) is 5.65 Å². The molecule has 0 saturated heterocycles. The third-order valence-electron chi connectivity index (χ3n) is 6.29. The van der Waals surface area contributed by atoms with E-state index in [2.05, 4.69) is 15.1 Å². The van der Waals surface area contributed by atoms with E-state index in [1.165, 1.54) is 21.2 Å². The number of rotatable bonds is 6. The molecule has 5 rings (SSSR count). The summed E-state index contributed by atoms with van der Waals surface area (Å²) in [5.74, 6) is -1.31. The second-order valence-corrected chi connectivity index (χ2v) is 8.98. The Labute approximate surface area is 211 Å². The second kappa shape index (κ2) is 9.55. The SMILES string of the molecule is Cc1cc(-c2c(-c3ccccc3)[nH+]c(N)n3c(=O)n(C(CN)Cc4ccc(F)cc4F)nc23)cc(C)n1. The summed E-state index contributed by atoms with van der Waals surface area (Å²) in [6, 6.07) is 16.0. The first-order valence-electron chi connectivity index (χ1n) is 11.8. The number of hydrogen-bond acceptors (Lipinski definition) is 5. The summed E-state index contributed by atoms with van der Waals surface area (Å²) in [7, 11) is 0. The Morgan fingerprint density at radius 1 is 1.00 bits per heavy atom. The van der Waals surface area contributed by atoms with Gasteiger partial charge in [0.1, 0.15) is 17.3 Å². The zero-order valence-corrected chi connectivity index (χ0v) is 20.4. The van der Waals surface area contributed by atoms with Crippen molar-refractivity contribution < 1.29 is 13.8 Å². The number of nitrogens with two attached hydrogens (primary N) is 2. The first-order chi connectivity index (χ1) is 17.8. The van der Waals surface area contributed by atoms with Gasteiger partial charge >= 0.3 is 11.6 Å². The molecular weight excluding hydrogens is 476 g/mol. The molecule has 37 heavy (non-hydrogen) atoms. The lowest BCUT2D eigenvalue weighted by Gasteiger charge is -2.14. The molecule has 0 saturated carbocycles. The van der Waals surface area contributed by atoms with Crippen LogP contribution in [-0.2, 0) is 6.42 Å². The number of halogens is 2. The minimum Gasteiger partial charge on any atom is -0.328 e. The standard InChI is InChI=1S/C27H25F2N7O/c1-15-10-19(11-16(2)32-15)23-24(17-6-4-3-5-7-17)33-26(31)35-25(23)34-36(27(35)37)21(14-30)12-18-8-9-20(28)13-22(18)29/h3-11,13,21H,12,14,30H2,1-2H3,(H2,31,33)/p+1. The Balaban J connectivity index is 1.77. The maximum absolute atomic E-state index is 14.4. The highest BCUT2D eigenvalue weighted by Crippen LogP contribution is 2.33. The molecule has 2 aromatic carbocycles. The largest absolute Gasteiger partial charge is 0.411 e. The number of pyridine rings is 1. The average Bonchev–Trinajstić information content (AvgIpc) is 3.20. The van der Waals surface area contributed by atoms with Gasteiger partial charge < -0.3 is 5.73 Å². The number of aryl methyl sites for hydroxylation is 2. The van der Waals surface area contributed by atoms with Crippen molar-refractivity contribution in [1.82, 2.24) is 19.2 Å². The van der Waals surface area contributed by atoms with E-state index in [-0.39, 0.29) is 24.5 Å². The van der Waals surface area contributed by atoms with Crippen LogP contribution in [0.15, 0.2) is 65.5 Å². The Morgan fingerprint density at radius 3 is 2.35 bits per heavy atom. The van der Waals surface area contributed by atoms with Gasteiger partial charge in [0.05, 0.1) is 11.6 Å². The zero-order chi connectivity index (χ0) is 26.3. The number of anilines is 1. The fourth-order valence-electron chi connectivity index (χ4n) is 4.64. The Bertz CT molecular complexity index is 1660. The minimum atomic E-state index is -0.710. The lowest BCUT2D eigenvalue weighted by atomic mass is 9.99. The summed E-state index contributed by atoms with van der Waals surface area (Å²) < 4.78 is 30.3. The van der Waals surface area contributed by atoms with Gasteiger partial charge in [-0.25, -0.2) is 18.6 Å². The third-order valence-corrected chi connectivity index (χ3v) is 6.29. The molecule has 0 bridgehead atoms. The molecule has 0 aliphatic rings. The Kier molecular flexibility index (Phi) is 6.26. The van der Waals surface area contributed by atoms with E-state index in [1.54, 1.807) is 0 Å². The van der Waals surface area contributed by atoms with Crippen molar-refractivity contribution in [2.75, 3.05) is 12.3 Å². The van der Waals surface area contributed by atoms with Gasteiger partial charge in [-0.1, -0.05) is 36.4 Å². The van der Waals surface area contributed by atoms with E-state index >= 15 is 0 Å². The quantitative estimate of drug-likeness (QED) is 0.370. The zero-order valence-electron chi connectivity index (χ0n) is 20.4. The predicted octanol–water partition coefficient (Wildman–Crippen LogP) is 3.26. The number of fused-ring (bicyclic) bond motifs is 1. The van der Waals surface area contributed by atoms with Crippen LogP contribution in [0.1, 0.15) is 23.0 Å². The van der Waals surface area contributed by atoms with Gasteiger partial charge in [-0.15, -0.1) is 9.50 Å². The fourth-order valence-corrected chi connectivity index (χ4v) is 4.64. The maximum Gasteiger partial charge on any atom is 0.411 e. The van der Waals surface area contributed by atoms with E-state index in [0.717, 1.165) is 28.6 Å². The smallest absolute Gasteiger partial charge is 0.328 e. The Morgan fingerprint density at radius 2 is 1.70 bits per heavy atom. The molecule has 1 unspecified atom stereocenters. The van der Waals surface area contributed by atoms with Crippen molar-refractivity contribution in [3.8, 4) is 22.4 Å². The van der Waals surface area contributed by atoms with Crippen LogP contribution in [0, 0.1) is 25.5 Å². The normalized spacial score (nSPS) is 12.2. The topological polar surface area (TPSA) is 118 Å². The minimum absolute atomic E-state index is 0.00142. The summed E-state index contributed by atoms with van der Waals surface area (Å²) >= 11 is 0. The lowest BCUT2D eigenvalue weighted by molar-refractivity contribution is -0.351. The van der Waals surface area contributed by atoms with Crippen LogP contribution in [0.3, 0.4) is 0 Å². The van der Waals surface area contributed by atoms with E-state index in [1.807, 2.05) is 56.3 Å². The molecule has 188 valence electrons. The number of H-pyrrole nitrogens is 1. The molecule has 3 heterocycles. The van der Waals surface area contributed by atoms with E-state index < -0.39 is 23.4 Å². The van der Waals surface area contributed by atoms with E-state index in [4.69, 9.17) is 11.5 Å². The number of aromatic amines is 1. The van der Waals surface area contributed by atoms with Crippen LogP contribution in [-0.4, -0.2) is 25.7 Å². The summed E-state index contributed by atoms with van der Waals surface area (Å²) in [5, 5.41) is 4.68. The van der Waals surface area contributed by atoms with Gasteiger partial charge in [-0.2, -0.15) is 4.68 Å². The first kappa shape index (κ1) is 24.3. The monoisotopic (exact) mass is 502 g/mol. The summed E-state index contributed by atoms with van der Waals surface area (Å²) in [6.45, 7) is 3.78. The van der Waals surface area contributed by atoms with Gasteiger partial charge in [0, 0.05) is 29.6 Å². The third kappa shape index (κ3) is 4.47. The van der Waals surface area contributed by atoms with Crippen LogP contribution in [0.5, 0.6) is 0 Å². The highest BCUT2D eigenvalue weighted by molar-refractivity contribution is 5.88. The molecule has 10 heteroatoms. The molecule has 0 aliphatic carbocycles. The number of nitrogens with one attached hydrogen (secondary N) is 1. The predicted molar refractivity (Wildman–Crippen MR) is 137 cm³/mol. The van der Waals surface area contributed by atoms with Crippen molar-refractivity contribution in [3.63, 3.8) is 0 Å². The average molecular weight is 503 g/mol. The highest BCUT2D eigenvalue weighted by atomic mass is 19.1. The van der Waals surface area contributed by atoms with Crippen molar-refractivity contribution in [2.45, 2.75) is 26.3 Å². The second-order valence-electron chi connectivity index (χ2n) is 8.98. The molecule has 5 N–H and O–H groups in total. The first-order valence-corrected chi connectivity index (χ1v) is 11.8. The van der Waals surface area contributed by atoms with Crippen molar-refractivity contribution >= 4 is 11.6 Å². The number of benzene rings is 2. The molecule has 3 aromatic heterocycles. The molecule has 0 radical (unpaired) electrons. The van der Waals surface area contributed by atoms with Crippen LogP contribution >= 0.6 is 0 Å². The summed E-state index contributed by atoms with van der Waals surface area (Å²) in [6.07, 6.45) is 0.0460. The molecule has 0 spiro atoms. The molecule has 0 aliphatic heterocycles. The maximum atomic E-state index is 14.4. The lowest BCUT2D eigenvalue weighted by Crippen LogP contribution is -2.33. The van der Waals surface area contributed by atoms with E-state index in [9.17, 15) is 13.6 Å². The van der Waals surface area contributed by atoms with Crippen molar-refractivity contribution in [2.24, 2.45) is 5.73 Å². The van der Waals surface area contributed by atoms with Gasteiger partial charge in [-0.3, -0.25) is 10.7 Å². The number of nitrogens with zero attached hydrogens (tertiary/aromatic N) is 4. The van der Waals surface area contributed by atoms with Gasteiger partial charge in [-0.05, 0) is 49.6 Å². The number of aromatic nitrogens is 5. The van der Waals surface area contributed by atoms with E-state index in [0.29, 0.717) is 16.9 Å². The van der Waals surface area contributed by atoms with Crippen LogP contribution < -0.4 is 22.1 Å². The van der Waals surface area contributed by atoms with Gasteiger partial charge in [0.25, 0.3) is 0 Å². The Hall–Kier alpha value is -4.44. The van der Waals surface area contributed by atoms with Crippen molar-refractivity contribution in [1.29, 1.82) is 0 Å². The van der Waals surface area contributed by atoms with Crippen LogP contribution in [0.2, 0.25) is 0 Å². The van der Waals surface area contributed by atoms with Gasteiger partial charge in [0.15, 0.2) is 0 Å². The van der Waals surface area contributed by atoms with Crippen LogP contribution in [0.25, 0.3) is 28.0 Å². The molecule has 1 atom stereocenters. The fraction of sp³-hybridized carbons (Fsp3) is 0.185. The molecule has 5 aromatic rings. The number of nitrogen functional groups attached to an aromatic ring is 1. The summed E-state index contributed by atoms with van der Waals surface area (Å²) in [5.41, 5.74) is 17.0. The molecule has 0 amide bonds. The van der Waals surface area contributed by atoms with Crippen molar-refractivity contribution in [3.05, 3.63) is 99.7 Å². The molecular formula is C27H26F2N7O+. The molecule has 8 nitrogen and oxygen atoms in total. The number of hydrogen-bond donors (Lipinski definition) is 2. The summed E-state index contributed by atoms with van der Waals surface area (Å²) in [4.78, 5) is 21.2.